The molecule has 0 aliphatic rings. The monoisotopic (exact) mass is 201 g/mol. The van der Waals surface area contributed by atoms with Crippen LogP contribution in [-0.2, 0) is 16.0 Å². The molecule has 1 heterocycles. The molecule has 1 aromatic rings. The second-order valence-electron chi connectivity index (χ2n) is 2.33. The van der Waals surface area contributed by atoms with Crippen molar-refractivity contribution in [1.82, 2.24) is 9.97 Å². The first-order valence-corrected chi connectivity index (χ1v) is 3.65. The molecule has 0 spiro atoms. The zero-order valence-corrected chi connectivity index (χ0v) is 7.25. The lowest BCUT2D eigenvalue weighted by Gasteiger charge is -2.02. The van der Waals surface area contributed by atoms with Crippen LogP contribution in [-0.4, -0.2) is 38.7 Å². The Morgan fingerprint density at radius 1 is 1.79 bits per heavy atom. The minimum absolute atomic E-state index is 0.250. The van der Waals surface area contributed by atoms with Gasteiger partial charge in [-0.15, -0.1) is 0 Å². The number of carboxylic acids is 1. The van der Waals surface area contributed by atoms with Gasteiger partial charge < -0.3 is 20.9 Å². The maximum atomic E-state index is 10.3. The van der Waals surface area contributed by atoms with E-state index in [0.717, 1.165) is 5.69 Å². The summed E-state index contributed by atoms with van der Waals surface area (Å²) in [6.45, 7) is -0.250. The Hall–Kier alpha value is -1.89. The molecule has 0 bridgehead atoms. The van der Waals surface area contributed by atoms with E-state index < -0.39 is 12.0 Å². The second-order valence-corrected chi connectivity index (χ2v) is 2.33. The van der Waals surface area contributed by atoms with Gasteiger partial charge in [-0.05, 0) is 0 Å². The van der Waals surface area contributed by atoms with Crippen LogP contribution in [0.4, 0.5) is 0 Å². The molecule has 1 rings (SSSR count). The second kappa shape index (κ2) is 6.61. The number of rotatable bonds is 3. The quantitative estimate of drug-likeness (QED) is 0.467. The van der Waals surface area contributed by atoms with Crippen molar-refractivity contribution >= 4 is 12.4 Å². The molecule has 1 aromatic heterocycles. The van der Waals surface area contributed by atoms with E-state index in [1.807, 2.05) is 0 Å². The number of hydrogen-bond acceptors (Lipinski definition) is 4. The van der Waals surface area contributed by atoms with Crippen molar-refractivity contribution in [3.05, 3.63) is 18.2 Å². The maximum absolute atomic E-state index is 10.3. The van der Waals surface area contributed by atoms with Crippen molar-refractivity contribution in [3.63, 3.8) is 0 Å². The van der Waals surface area contributed by atoms with E-state index in [1.165, 1.54) is 6.33 Å². The number of carbonyl (C=O) groups is 2. The predicted molar refractivity (Wildman–Crippen MR) is 46.6 cm³/mol. The minimum Gasteiger partial charge on any atom is -0.483 e. The lowest BCUT2D eigenvalue weighted by Crippen LogP contribution is -2.32. The molecule has 78 valence electrons. The van der Waals surface area contributed by atoms with Crippen LogP contribution in [0.3, 0.4) is 0 Å². The van der Waals surface area contributed by atoms with Gasteiger partial charge in [-0.3, -0.25) is 9.59 Å². The number of nitrogens with one attached hydrogen (secondary N) is 1. The molecule has 0 amide bonds. The van der Waals surface area contributed by atoms with Crippen molar-refractivity contribution in [2.75, 3.05) is 0 Å². The lowest BCUT2D eigenvalue weighted by atomic mass is 10.2. The summed E-state index contributed by atoms with van der Waals surface area (Å²) in [6.07, 6.45) is 3.34. The summed E-state index contributed by atoms with van der Waals surface area (Å²) in [5.41, 5.74) is 6.00. The van der Waals surface area contributed by atoms with Crippen molar-refractivity contribution in [1.29, 1.82) is 0 Å². The molecule has 0 fully saturated rings. The van der Waals surface area contributed by atoms with Gasteiger partial charge in [0.1, 0.15) is 6.04 Å². The number of aromatic amines is 1. The van der Waals surface area contributed by atoms with E-state index in [0.29, 0.717) is 0 Å². The zero-order valence-electron chi connectivity index (χ0n) is 7.25. The van der Waals surface area contributed by atoms with Gasteiger partial charge in [-0.25, -0.2) is 4.98 Å². The lowest BCUT2D eigenvalue weighted by molar-refractivity contribution is -0.138. The molecule has 0 unspecified atom stereocenters. The average Bonchev–Trinajstić information content (AvgIpc) is 2.58. The molecule has 0 saturated heterocycles. The molecule has 0 aliphatic carbocycles. The number of hydrogen-bond donors (Lipinski definition) is 4. The largest absolute Gasteiger partial charge is 0.483 e. The third-order valence-electron chi connectivity index (χ3n) is 1.31. The first-order valence-electron chi connectivity index (χ1n) is 3.65. The highest BCUT2D eigenvalue weighted by molar-refractivity contribution is 5.73. The third-order valence-corrected chi connectivity index (χ3v) is 1.31. The molecular weight excluding hydrogens is 190 g/mol. The smallest absolute Gasteiger partial charge is 0.320 e. The highest BCUT2D eigenvalue weighted by Gasteiger charge is 2.11. The van der Waals surface area contributed by atoms with Crippen molar-refractivity contribution < 1.29 is 19.8 Å². The van der Waals surface area contributed by atoms with Crippen LogP contribution in [0, 0.1) is 0 Å². The number of nitrogens with two attached hydrogens (primary N) is 1. The van der Waals surface area contributed by atoms with Gasteiger partial charge in [0.05, 0.1) is 6.33 Å². The van der Waals surface area contributed by atoms with Crippen LogP contribution in [0.25, 0.3) is 0 Å². The van der Waals surface area contributed by atoms with Gasteiger partial charge in [0.2, 0.25) is 0 Å². The van der Waals surface area contributed by atoms with Crippen LogP contribution < -0.4 is 5.73 Å². The van der Waals surface area contributed by atoms with E-state index in [9.17, 15) is 4.79 Å². The minimum atomic E-state index is -1.00. The van der Waals surface area contributed by atoms with Crippen molar-refractivity contribution in [3.8, 4) is 0 Å². The maximum Gasteiger partial charge on any atom is 0.320 e. The molecular formula is C7H11N3O4. The van der Waals surface area contributed by atoms with E-state index >= 15 is 0 Å². The predicted octanol–water partition coefficient (Wildman–Crippen LogP) is -0.935. The summed E-state index contributed by atoms with van der Waals surface area (Å²) in [4.78, 5) is 25.1. The van der Waals surface area contributed by atoms with E-state index in [2.05, 4.69) is 9.97 Å². The Bertz CT molecular complexity index is 272. The van der Waals surface area contributed by atoms with Gasteiger partial charge in [0.25, 0.3) is 6.47 Å². The third kappa shape index (κ3) is 4.88. The molecule has 5 N–H and O–H groups in total. The molecule has 0 aromatic carbocycles. The normalized spacial score (nSPS) is 10.9. The summed E-state index contributed by atoms with van der Waals surface area (Å²) in [7, 11) is 0. The topological polar surface area (TPSA) is 129 Å². The summed E-state index contributed by atoms with van der Waals surface area (Å²) < 4.78 is 0. The zero-order chi connectivity index (χ0) is 11.0. The Balaban J connectivity index is 0.000000500. The fourth-order valence-corrected chi connectivity index (χ4v) is 0.721. The number of imidazole rings is 1. The first-order chi connectivity index (χ1) is 6.61. The SMILES string of the molecule is N[C@@H](Cc1cnc[nH]1)C(=O)O.O=CO. The highest BCUT2D eigenvalue weighted by Crippen LogP contribution is 1.95. The van der Waals surface area contributed by atoms with Gasteiger partial charge in [-0.2, -0.15) is 0 Å². The fraction of sp³-hybridized carbons (Fsp3) is 0.286. The number of nitrogens with zero attached hydrogens (tertiary/aromatic N) is 1. The molecule has 0 aliphatic heterocycles. The highest BCUT2D eigenvalue weighted by atomic mass is 16.4. The standard InChI is InChI=1S/C6H9N3O2.CH2O2/c7-5(6(10)11)1-4-2-8-3-9-4;2-1-3/h2-3,5H,1,7H2,(H,8,9)(H,10,11);1H,(H,2,3)/t5-;/m0./s1. The van der Waals surface area contributed by atoms with Gasteiger partial charge in [-0.1, -0.05) is 0 Å². The number of aromatic nitrogens is 2. The van der Waals surface area contributed by atoms with Crippen LogP contribution in [0.5, 0.6) is 0 Å². The van der Waals surface area contributed by atoms with Gasteiger partial charge in [0.15, 0.2) is 0 Å². The summed E-state index contributed by atoms with van der Waals surface area (Å²) >= 11 is 0. The fourth-order valence-electron chi connectivity index (χ4n) is 0.721. The first kappa shape index (κ1) is 12.1. The molecule has 14 heavy (non-hydrogen) atoms. The summed E-state index contributed by atoms with van der Waals surface area (Å²) in [5, 5.41) is 15.3. The Morgan fingerprint density at radius 3 is 2.71 bits per heavy atom. The Labute approximate surface area is 79.6 Å². The van der Waals surface area contributed by atoms with Crippen molar-refractivity contribution in [2.24, 2.45) is 5.73 Å². The van der Waals surface area contributed by atoms with Crippen LogP contribution >= 0.6 is 0 Å². The molecule has 7 heteroatoms. The summed E-state index contributed by atoms with van der Waals surface area (Å²) in [6, 6.07) is -0.851. The molecule has 7 nitrogen and oxygen atoms in total. The molecule has 0 radical (unpaired) electrons. The number of aliphatic carboxylic acids is 1. The molecule has 1 atom stereocenters. The van der Waals surface area contributed by atoms with Crippen molar-refractivity contribution in [2.45, 2.75) is 12.5 Å². The Morgan fingerprint density at radius 2 is 2.36 bits per heavy atom. The van der Waals surface area contributed by atoms with E-state index in [4.69, 9.17) is 20.7 Å². The van der Waals surface area contributed by atoms with Crippen LogP contribution in [0.2, 0.25) is 0 Å². The average molecular weight is 201 g/mol. The van der Waals surface area contributed by atoms with E-state index in [-0.39, 0.29) is 12.9 Å². The van der Waals surface area contributed by atoms with Crippen LogP contribution in [0.1, 0.15) is 5.69 Å². The van der Waals surface area contributed by atoms with E-state index in [1.54, 1.807) is 6.20 Å². The summed E-state index contributed by atoms with van der Waals surface area (Å²) in [5.74, 6) is -1.00. The molecule has 0 saturated carbocycles. The Kier molecular flexibility index (Phi) is 5.72. The van der Waals surface area contributed by atoms with Gasteiger partial charge >= 0.3 is 5.97 Å². The van der Waals surface area contributed by atoms with Crippen LogP contribution in [0.15, 0.2) is 12.5 Å². The van der Waals surface area contributed by atoms with Gasteiger partial charge in [0, 0.05) is 18.3 Å². The number of H-pyrrole nitrogens is 1. The number of carboxylic acid groups (broad SMARTS) is 2.